The molecule has 0 spiro atoms. The summed E-state index contributed by atoms with van der Waals surface area (Å²) in [4.78, 5) is 10.4. The molecule has 1 atom stereocenters. The van der Waals surface area contributed by atoms with E-state index in [2.05, 4.69) is 5.32 Å². The van der Waals surface area contributed by atoms with Crippen molar-refractivity contribution in [2.45, 2.75) is 25.8 Å². The zero-order valence-electron chi connectivity index (χ0n) is 9.40. The maximum Gasteiger partial charge on any atom is 0.303 e. The van der Waals surface area contributed by atoms with Crippen molar-refractivity contribution in [2.24, 2.45) is 0 Å². The van der Waals surface area contributed by atoms with E-state index in [9.17, 15) is 4.79 Å². The molecule has 0 aromatic heterocycles. The van der Waals surface area contributed by atoms with Crippen LogP contribution in [0.3, 0.4) is 0 Å². The van der Waals surface area contributed by atoms with Crippen molar-refractivity contribution >= 4 is 23.3 Å². The van der Waals surface area contributed by atoms with Gasteiger partial charge in [-0.05, 0) is 31.5 Å². The zero-order chi connectivity index (χ0) is 12.8. The SMILES string of the molecule is CC(CCC(=O)O)Nc1ccc(Cl)c(C#N)c1. The third-order valence-electron chi connectivity index (χ3n) is 2.29. The van der Waals surface area contributed by atoms with E-state index in [0.29, 0.717) is 17.0 Å². The van der Waals surface area contributed by atoms with Crippen LogP contribution in [-0.2, 0) is 4.79 Å². The van der Waals surface area contributed by atoms with Gasteiger partial charge in [0.05, 0.1) is 10.6 Å². The van der Waals surface area contributed by atoms with Crippen molar-refractivity contribution in [1.29, 1.82) is 5.26 Å². The highest BCUT2D eigenvalue weighted by molar-refractivity contribution is 6.31. The molecule has 0 aliphatic heterocycles. The van der Waals surface area contributed by atoms with Crippen molar-refractivity contribution in [3.8, 4) is 6.07 Å². The molecule has 5 heteroatoms. The molecular formula is C12H13ClN2O2. The maximum absolute atomic E-state index is 10.4. The summed E-state index contributed by atoms with van der Waals surface area (Å²) >= 11 is 5.81. The van der Waals surface area contributed by atoms with Crippen LogP contribution in [0.25, 0.3) is 0 Å². The number of benzene rings is 1. The number of carboxylic acid groups (broad SMARTS) is 1. The van der Waals surface area contributed by atoms with Crippen molar-refractivity contribution in [3.05, 3.63) is 28.8 Å². The van der Waals surface area contributed by atoms with E-state index in [1.54, 1.807) is 18.2 Å². The number of hydrogen-bond acceptors (Lipinski definition) is 3. The number of hydrogen-bond donors (Lipinski definition) is 2. The highest BCUT2D eigenvalue weighted by Crippen LogP contribution is 2.20. The second-order valence-electron chi connectivity index (χ2n) is 3.78. The summed E-state index contributed by atoms with van der Waals surface area (Å²) < 4.78 is 0. The summed E-state index contributed by atoms with van der Waals surface area (Å²) in [6.45, 7) is 1.89. The lowest BCUT2D eigenvalue weighted by Crippen LogP contribution is -2.16. The van der Waals surface area contributed by atoms with E-state index >= 15 is 0 Å². The molecule has 0 saturated carbocycles. The predicted octanol–water partition coefficient (Wildman–Crippen LogP) is 2.88. The molecule has 0 aliphatic carbocycles. The lowest BCUT2D eigenvalue weighted by atomic mass is 10.1. The topological polar surface area (TPSA) is 73.1 Å². The van der Waals surface area contributed by atoms with E-state index in [-0.39, 0.29) is 12.5 Å². The molecule has 1 rings (SSSR count). The van der Waals surface area contributed by atoms with Crippen LogP contribution in [0.15, 0.2) is 18.2 Å². The van der Waals surface area contributed by atoms with Crippen LogP contribution in [0.5, 0.6) is 0 Å². The number of halogens is 1. The van der Waals surface area contributed by atoms with Crippen LogP contribution >= 0.6 is 11.6 Å². The first-order valence-corrected chi connectivity index (χ1v) is 5.58. The average Bonchev–Trinajstić information content (AvgIpc) is 2.29. The van der Waals surface area contributed by atoms with Gasteiger partial charge in [-0.25, -0.2) is 0 Å². The molecule has 1 aromatic rings. The molecule has 2 N–H and O–H groups in total. The molecule has 0 heterocycles. The number of nitrogens with zero attached hydrogens (tertiary/aromatic N) is 1. The van der Waals surface area contributed by atoms with Crippen molar-refractivity contribution < 1.29 is 9.90 Å². The largest absolute Gasteiger partial charge is 0.481 e. The van der Waals surface area contributed by atoms with Gasteiger partial charge in [0.15, 0.2) is 0 Å². The molecule has 1 aromatic carbocycles. The molecule has 0 fully saturated rings. The molecule has 4 nitrogen and oxygen atoms in total. The third kappa shape index (κ3) is 4.33. The normalized spacial score (nSPS) is 11.6. The highest BCUT2D eigenvalue weighted by atomic mass is 35.5. The Hall–Kier alpha value is -1.73. The van der Waals surface area contributed by atoms with E-state index in [0.717, 1.165) is 5.69 Å². The lowest BCUT2D eigenvalue weighted by molar-refractivity contribution is -0.137. The van der Waals surface area contributed by atoms with Crippen LogP contribution in [0.2, 0.25) is 5.02 Å². The van der Waals surface area contributed by atoms with Crippen LogP contribution < -0.4 is 5.32 Å². The first kappa shape index (κ1) is 13.3. The fourth-order valence-corrected chi connectivity index (χ4v) is 1.56. The van der Waals surface area contributed by atoms with Gasteiger partial charge >= 0.3 is 5.97 Å². The Balaban J connectivity index is 2.63. The Bertz CT molecular complexity index is 454. The van der Waals surface area contributed by atoms with Crippen molar-refractivity contribution in [3.63, 3.8) is 0 Å². The number of nitriles is 1. The molecule has 0 amide bonds. The number of carboxylic acids is 1. The fourth-order valence-electron chi connectivity index (χ4n) is 1.40. The molecule has 0 aliphatic rings. The number of rotatable bonds is 5. The van der Waals surface area contributed by atoms with Crippen LogP contribution in [0.4, 0.5) is 5.69 Å². The van der Waals surface area contributed by atoms with Gasteiger partial charge in [0.25, 0.3) is 0 Å². The quantitative estimate of drug-likeness (QED) is 0.845. The predicted molar refractivity (Wildman–Crippen MR) is 66.1 cm³/mol. The summed E-state index contributed by atoms with van der Waals surface area (Å²) in [5.41, 5.74) is 1.17. The Morgan fingerprint density at radius 1 is 1.65 bits per heavy atom. The first-order chi connectivity index (χ1) is 8.02. The summed E-state index contributed by atoms with van der Waals surface area (Å²) in [5.74, 6) is -0.813. The number of carbonyl (C=O) groups is 1. The molecule has 0 saturated heterocycles. The second kappa shape index (κ2) is 6.12. The Morgan fingerprint density at radius 2 is 2.35 bits per heavy atom. The van der Waals surface area contributed by atoms with Gasteiger partial charge in [0.1, 0.15) is 6.07 Å². The second-order valence-corrected chi connectivity index (χ2v) is 4.19. The van der Waals surface area contributed by atoms with Gasteiger partial charge in [-0.2, -0.15) is 5.26 Å². The Kier molecular flexibility index (Phi) is 4.80. The van der Waals surface area contributed by atoms with Crippen LogP contribution in [0, 0.1) is 11.3 Å². The summed E-state index contributed by atoms with van der Waals surface area (Å²) in [5, 5.41) is 20.9. The van der Waals surface area contributed by atoms with Crippen molar-refractivity contribution in [2.75, 3.05) is 5.32 Å². The zero-order valence-corrected chi connectivity index (χ0v) is 10.2. The van der Waals surface area contributed by atoms with E-state index in [1.807, 2.05) is 13.0 Å². The standard InChI is InChI=1S/C12H13ClN2O2/c1-8(2-5-12(16)17)15-10-3-4-11(13)9(6-10)7-14/h3-4,6,8,15H,2,5H2,1H3,(H,16,17). The van der Waals surface area contributed by atoms with Gasteiger partial charge in [0, 0.05) is 18.2 Å². The molecule has 17 heavy (non-hydrogen) atoms. The van der Waals surface area contributed by atoms with Gasteiger partial charge in [0.2, 0.25) is 0 Å². The first-order valence-electron chi connectivity index (χ1n) is 5.21. The van der Waals surface area contributed by atoms with Gasteiger partial charge in [-0.15, -0.1) is 0 Å². The third-order valence-corrected chi connectivity index (χ3v) is 2.62. The van der Waals surface area contributed by atoms with E-state index < -0.39 is 5.97 Å². The lowest BCUT2D eigenvalue weighted by Gasteiger charge is -2.14. The molecular weight excluding hydrogens is 240 g/mol. The minimum absolute atomic E-state index is 0.0267. The highest BCUT2D eigenvalue weighted by Gasteiger charge is 2.07. The smallest absolute Gasteiger partial charge is 0.303 e. The molecule has 0 radical (unpaired) electrons. The number of aliphatic carboxylic acids is 1. The minimum Gasteiger partial charge on any atom is -0.481 e. The summed E-state index contributed by atoms with van der Waals surface area (Å²) in [6.07, 6.45) is 0.646. The van der Waals surface area contributed by atoms with Crippen LogP contribution in [0.1, 0.15) is 25.3 Å². The van der Waals surface area contributed by atoms with E-state index in [1.165, 1.54) is 0 Å². The maximum atomic E-state index is 10.4. The van der Waals surface area contributed by atoms with Gasteiger partial charge in [-0.3, -0.25) is 4.79 Å². The Morgan fingerprint density at radius 3 is 2.94 bits per heavy atom. The minimum atomic E-state index is -0.813. The molecule has 90 valence electrons. The summed E-state index contributed by atoms with van der Waals surface area (Å²) in [6, 6.07) is 7.08. The van der Waals surface area contributed by atoms with Crippen LogP contribution in [-0.4, -0.2) is 17.1 Å². The molecule has 1 unspecified atom stereocenters. The molecule has 0 bridgehead atoms. The van der Waals surface area contributed by atoms with E-state index in [4.69, 9.17) is 22.0 Å². The fraction of sp³-hybridized carbons (Fsp3) is 0.333. The van der Waals surface area contributed by atoms with Gasteiger partial charge in [-0.1, -0.05) is 11.6 Å². The average molecular weight is 253 g/mol. The summed E-state index contributed by atoms with van der Waals surface area (Å²) in [7, 11) is 0. The van der Waals surface area contributed by atoms with Crippen molar-refractivity contribution in [1.82, 2.24) is 0 Å². The number of anilines is 1. The monoisotopic (exact) mass is 252 g/mol. The number of nitrogens with one attached hydrogen (secondary N) is 1. The Labute approximate surface area is 105 Å². The van der Waals surface area contributed by atoms with Gasteiger partial charge < -0.3 is 10.4 Å².